The minimum Gasteiger partial charge on any atom is -0.354 e. The highest BCUT2D eigenvalue weighted by Crippen LogP contribution is 2.28. The number of nitrogens with one attached hydrogen (secondary N) is 1. The maximum atomic E-state index is 3.54. The van der Waals surface area contributed by atoms with E-state index in [0.29, 0.717) is 0 Å². The van der Waals surface area contributed by atoms with E-state index in [2.05, 4.69) is 61.3 Å². The van der Waals surface area contributed by atoms with Gasteiger partial charge in [-0.3, -0.25) is 0 Å². The van der Waals surface area contributed by atoms with E-state index in [1.165, 1.54) is 33.3 Å². The Bertz CT molecular complexity index is 661. The molecule has 0 unspecified atom stereocenters. The molecule has 0 saturated heterocycles. The Balaban J connectivity index is 2.31. The van der Waals surface area contributed by atoms with E-state index in [1.54, 1.807) is 0 Å². The van der Waals surface area contributed by atoms with Gasteiger partial charge in [-0.25, -0.2) is 0 Å². The lowest BCUT2D eigenvalue weighted by Crippen LogP contribution is -1.92. The molecule has 17 heavy (non-hydrogen) atoms. The summed E-state index contributed by atoms with van der Waals surface area (Å²) in [5.74, 6) is 1.44. The van der Waals surface area contributed by atoms with E-state index in [9.17, 15) is 0 Å². The molecule has 0 amide bonds. The minimum absolute atomic E-state index is 1.05. The Morgan fingerprint density at radius 1 is 0.941 bits per heavy atom. The van der Waals surface area contributed by atoms with E-state index in [0.717, 1.165) is 6.42 Å². The van der Waals surface area contributed by atoms with Crippen LogP contribution in [0.5, 0.6) is 0 Å². The fraction of sp³-hybridized carbons (Fsp3) is 0.188. The second kappa shape index (κ2) is 3.92. The summed E-state index contributed by atoms with van der Waals surface area (Å²) in [5, 5.41) is 2.65. The number of hydrogen-bond donors (Lipinski definition) is 1. The van der Waals surface area contributed by atoms with Gasteiger partial charge in [-0.05, 0) is 24.0 Å². The third-order valence-electron chi connectivity index (χ3n) is 3.17. The van der Waals surface area contributed by atoms with Crippen LogP contribution in [0, 0.1) is 5.92 Å². The lowest BCUT2D eigenvalue weighted by molar-refractivity contribution is 0.962. The third-order valence-corrected chi connectivity index (χ3v) is 3.17. The number of H-pyrrole nitrogens is 1. The molecule has 1 N–H and O–H groups in total. The van der Waals surface area contributed by atoms with Gasteiger partial charge in [0.15, 0.2) is 0 Å². The Hall–Kier alpha value is -1.76. The predicted molar refractivity (Wildman–Crippen MR) is 74.1 cm³/mol. The molecule has 0 spiro atoms. The monoisotopic (exact) mass is 222 g/mol. The Morgan fingerprint density at radius 2 is 1.71 bits per heavy atom. The normalized spacial score (nSPS) is 11.7. The fourth-order valence-electron chi connectivity index (χ4n) is 2.46. The summed E-state index contributed by atoms with van der Waals surface area (Å²) >= 11 is 0. The lowest BCUT2D eigenvalue weighted by atomic mass is 10.0. The summed E-state index contributed by atoms with van der Waals surface area (Å²) in [6.07, 6.45) is 1.05. The van der Waals surface area contributed by atoms with Crippen LogP contribution in [0.3, 0.4) is 0 Å². The molecule has 0 aliphatic carbocycles. The summed E-state index contributed by atoms with van der Waals surface area (Å²) in [6.45, 7) is 4.36. The smallest absolute Gasteiger partial charge is 0.0497 e. The van der Waals surface area contributed by atoms with E-state index < -0.39 is 0 Å². The molecule has 85 valence electrons. The molecule has 1 radical (unpaired) electrons. The van der Waals surface area contributed by atoms with Gasteiger partial charge in [0.05, 0.1) is 0 Å². The van der Waals surface area contributed by atoms with Crippen LogP contribution in [-0.2, 0) is 6.42 Å². The maximum absolute atomic E-state index is 3.54. The first-order valence-electron chi connectivity index (χ1n) is 6.03. The zero-order chi connectivity index (χ0) is 11.8. The van der Waals surface area contributed by atoms with Crippen LogP contribution in [0.4, 0.5) is 0 Å². The van der Waals surface area contributed by atoms with Crippen LogP contribution in [0.2, 0.25) is 0 Å². The van der Waals surface area contributed by atoms with Gasteiger partial charge >= 0.3 is 0 Å². The van der Waals surface area contributed by atoms with Crippen molar-refractivity contribution in [2.24, 2.45) is 0 Å². The standard InChI is InChI=1S/C16H16N/c1-11(2)10-12-6-5-8-14-13-7-3-4-9-15(13)17-16(12)14/h3-9,17H,10H2,1-2H3. The number of benzene rings is 2. The molecular formula is C16H16N. The van der Waals surface area contributed by atoms with Gasteiger partial charge in [0, 0.05) is 21.8 Å². The van der Waals surface area contributed by atoms with Gasteiger partial charge < -0.3 is 4.98 Å². The van der Waals surface area contributed by atoms with E-state index >= 15 is 0 Å². The molecule has 1 heteroatoms. The lowest BCUT2D eigenvalue weighted by Gasteiger charge is -2.05. The van der Waals surface area contributed by atoms with Gasteiger partial charge in [-0.1, -0.05) is 50.2 Å². The van der Waals surface area contributed by atoms with E-state index in [4.69, 9.17) is 0 Å². The van der Waals surface area contributed by atoms with Crippen LogP contribution >= 0.6 is 0 Å². The second-order valence-electron chi connectivity index (χ2n) is 4.89. The van der Waals surface area contributed by atoms with Crippen LogP contribution in [0.1, 0.15) is 19.4 Å². The summed E-state index contributed by atoms with van der Waals surface area (Å²) in [4.78, 5) is 3.54. The van der Waals surface area contributed by atoms with Crippen LogP contribution in [0.15, 0.2) is 42.5 Å². The van der Waals surface area contributed by atoms with E-state index in [-0.39, 0.29) is 0 Å². The van der Waals surface area contributed by atoms with E-state index in [1.807, 2.05) is 0 Å². The minimum atomic E-state index is 1.05. The molecule has 0 saturated carbocycles. The Labute approximate surface area is 101 Å². The van der Waals surface area contributed by atoms with Crippen molar-refractivity contribution in [3.8, 4) is 0 Å². The summed E-state index contributed by atoms with van der Waals surface area (Å²) < 4.78 is 0. The third kappa shape index (κ3) is 1.72. The average molecular weight is 222 g/mol. The Morgan fingerprint density at radius 3 is 2.53 bits per heavy atom. The SMILES string of the molecule is C[C](C)Cc1cccc2c1[nH]c1ccccc12. The zero-order valence-corrected chi connectivity index (χ0v) is 10.2. The molecule has 0 aliphatic heterocycles. The molecule has 1 nitrogen and oxygen atoms in total. The van der Waals surface area contributed by atoms with Crippen molar-refractivity contribution in [2.75, 3.05) is 0 Å². The molecular weight excluding hydrogens is 206 g/mol. The number of aromatic nitrogens is 1. The number of aromatic amines is 1. The van der Waals surface area contributed by atoms with Gasteiger partial charge in [0.1, 0.15) is 0 Å². The summed E-state index contributed by atoms with van der Waals surface area (Å²) in [6, 6.07) is 15.1. The zero-order valence-electron chi connectivity index (χ0n) is 10.2. The highest BCUT2D eigenvalue weighted by Gasteiger charge is 2.08. The molecule has 0 aliphatic rings. The highest BCUT2D eigenvalue weighted by atomic mass is 14.7. The van der Waals surface area contributed by atoms with Crippen molar-refractivity contribution in [2.45, 2.75) is 20.3 Å². The van der Waals surface area contributed by atoms with Crippen molar-refractivity contribution >= 4 is 21.8 Å². The molecule has 3 rings (SSSR count). The van der Waals surface area contributed by atoms with Crippen molar-refractivity contribution in [1.29, 1.82) is 0 Å². The van der Waals surface area contributed by atoms with Crippen molar-refractivity contribution in [1.82, 2.24) is 4.98 Å². The number of rotatable bonds is 2. The van der Waals surface area contributed by atoms with Crippen molar-refractivity contribution in [3.05, 3.63) is 53.9 Å². The van der Waals surface area contributed by atoms with Gasteiger partial charge in [-0.15, -0.1) is 0 Å². The first kappa shape index (κ1) is 10.4. The predicted octanol–water partition coefficient (Wildman–Crippen LogP) is 4.48. The number of fused-ring (bicyclic) bond motifs is 3. The van der Waals surface area contributed by atoms with Crippen molar-refractivity contribution in [3.63, 3.8) is 0 Å². The summed E-state index contributed by atoms with van der Waals surface area (Å²) in [7, 11) is 0. The molecule has 3 aromatic rings. The fourth-order valence-corrected chi connectivity index (χ4v) is 2.46. The quantitative estimate of drug-likeness (QED) is 0.658. The average Bonchev–Trinajstić information content (AvgIpc) is 2.68. The maximum Gasteiger partial charge on any atom is 0.0497 e. The number of para-hydroxylation sites is 2. The molecule has 0 bridgehead atoms. The second-order valence-corrected chi connectivity index (χ2v) is 4.89. The molecule has 0 atom stereocenters. The van der Waals surface area contributed by atoms with Crippen LogP contribution < -0.4 is 0 Å². The molecule has 1 heterocycles. The van der Waals surface area contributed by atoms with Gasteiger partial charge in [-0.2, -0.15) is 0 Å². The number of hydrogen-bond acceptors (Lipinski definition) is 0. The highest BCUT2D eigenvalue weighted by molar-refractivity contribution is 6.08. The Kier molecular flexibility index (Phi) is 2.40. The first-order chi connectivity index (χ1) is 8.25. The molecule has 1 aromatic heterocycles. The van der Waals surface area contributed by atoms with Crippen LogP contribution in [0.25, 0.3) is 21.8 Å². The van der Waals surface area contributed by atoms with Crippen LogP contribution in [-0.4, -0.2) is 4.98 Å². The van der Waals surface area contributed by atoms with Crippen molar-refractivity contribution < 1.29 is 0 Å². The largest absolute Gasteiger partial charge is 0.354 e. The van der Waals surface area contributed by atoms with Gasteiger partial charge in [0.2, 0.25) is 0 Å². The summed E-state index contributed by atoms with van der Waals surface area (Å²) in [5.41, 5.74) is 3.90. The van der Waals surface area contributed by atoms with Gasteiger partial charge in [0.25, 0.3) is 0 Å². The molecule has 2 aromatic carbocycles. The molecule has 0 fully saturated rings. The first-order valence-corrected chi connectivity index (χ1v) is 6.03. The topological polar surface area (TPSA) is 15.8 Å².